The van der Waals surface area contributed by atoms with Gasteiger partial charge < -0.3 is 16.2 Å². The Balaban J connectivity index is 2.09. The minimum atomic E-state index is 0.234. The Labute approximate surface area is 114 Å². The van der Waals surface area contributed by atoms with Crippen molar-refractivity contribution in [1.82, 2.24) is 0 Å². The second kappa shape index (κ2) is 6.44. The topological polar surface area (TPSA) is 82.1 Å². The average molecular weight is 259 g/mol. The number of hydrogen-bond donors (Lipinski definition) is 3. The lowest BCUT2D eigenvalue weighted by molar-refractivity contribution is 0.178. The fourth-order valence-corrected chi connectivity index (χ4v) is 2.76. The maximum absolute atomic E-state index is 9.42. The largest absolute Gasteiger partial charge is 0.398 e. The van der Waals surface area contributed by atoms with Crippen LogP contribution >= 0.6 is 0 Å². The SMILES string of the molecule is N#CCc1cc(NC2CCCCC2CO)ccc1N. The number of nitrogens with one attached hydrogen (secondary N) is 1. The van der Waals surface area contributed by atoms with Crippen molar-refractivity contribution in [2.24, 2.45) is 5.92 Å². The Bertz CT molecular complexity index is 467. The van der Waals surface area contributed by atoms with E-state index in [1.165, 1.54) is 12.8 Å². The van der Waals surface area contributed by atoms with E-state index in [1.807, 2.05) is 18.2 Å². The van der Waals surface area contributed by atoms with E-state index in [1.54, 1.807) is 0 Å². The van der Waals surface area contributed by atoms with Crippen molar-refractivity contribution in [3.63, 3.8) is 0 Å². The van der Waals surface area contributed by atoms with E-state index in [0.29, 0.717) is 24.1 Å². The van der Waals surface area contributed by atoms with Crippen LogP contribution in [0.1, 0.15) is 31.2 Å². The van der Waals surface area contributed by atoms with E-state index in [0.717, 1.165) is 24.1 Å². The molecule has 0 heterocycles. The fraction of sp³-hybridized carbons (Fsp3) is 0.533. The molecule has 1 aliphatic rings. The van der Waals surface area contributed by atoms with E-state index in [-0.39, 0.29) is 6.61 Å². The molecular formula is C15H21N3O. The Morgan fingerprint density at radius 3 is 2.89 bits per heavy atom. The van der Waals surface area contributed by atoms with Crippen molar-refractivity contribution in [1.29, 1.82) is 5.26 Å². The van der Waals surface area contributed by atoms with Crippen LogP contribution < -0.4 is 11.1 Å². The van der Waals surface area contributed by atoms with Gasteiger partial charge in [0.05, 0.1) is 12.5 Å². The number of nitriles is 1. The van der Waals surface area contributed by atoms with E-state index in [9.17, 15) is 5.11 Å². The molecule has 1 saturated carbocycles. The Morgan fingerprint density at radius 1 is 1.37 bits per heavy atom. The van der Waals surface area contributed by atoms with Crippen molar-refractivity contribution in [2.75, 3.05) is 17.7 Å². The van der Waals surface area contributed by atoms with Gasteiger partial charge in [-0.15, -0.1) is 0 Å². The van der Waals surface area contributed by atoms with Gasteiger partial charge in [0, 0.05) is 29.9 Å². The highest BCUT2D eigenvalue weighted by Crippen LogP contribution is 2.28. The van der Waals surface area contributed by atoms with E-state index in [2.05, 4.69) is 11.4 Å². The Morgan fingerprint density at radius 2 is 2.16 bits per heavy atom. The molecule has 4 N–H and O–H groups in total. The summed E-state index contributed by atoms with van der Waals surface area (Å²) in [6, 6.07) is 8.17. The number of anilines is 2. The van der Waals surface area contributed by atoms with Gasteiger partial charge in [0.1, 0.15) is 0 Å². The second-order valence-electron chi connectivity index (χ2n) is 5.23. The molecule has 102 valence electrons. The molecule has 0 aromatic heterocycles. The van der Waals surface area contributed by atoms with Gasteiger partial charge in [-0.3, -0.25) is 0 Å². The normalized spacial score (nSPS) is 22.7. The third kappa shape index (κ3) is 3.39. The zero-order valence-electron chi connectivity index (χ0n) is 11.1. The van der Waals surface area contributed by atoms with E-state index < -0.39 is 0 Å². The fourth-order valence-electron chi connectivity index (χ4n) is 2.76. The molecule has 4 heteroatoms. The Hall–Kier alpha value is -1.73. The first-order chi connectivity index (χ1) is 9.24. The summed E-state index contributed by atoms with van der Waals surface area (Å²) in [5.74, 6) is 0.325. The summed E-state index contributed by atoms with van der Waals surface area (Å²) in [6.07, 6.45) is 4.89. The van der Waals surface area contributed by atoms with Crippen LogP contribution in [0.2, 0.25) is 0 Å². The molecule has 1 aromatic carbocycles. The summed E-state index contributed by atoms with van der Waals surface area (Å²) in [7, 11) is 0. The number of nitrogen functional groups attached to an aromatic ring is 1. The monoisotopic (exact) mass is 259 g/mol. The minimum Gasteiger partial charge on any atom is -0.398 e. The summed E-state index contributed by atoms with van der Waals surface area (Å²) in [4.78, 5) is 0. The van der Waals surface area contributed by atoms with Crippen molar-refractivity contribution in [3.05, 3.63) is 23.8 Å². The quantitative estimate of drug-likeness (QED) is 0.725. The molecule has 1 fully saturated rings. The standard InChI is InChI=1S/C15H21N3O/c16-8-7-11-9-13(5-6-14(11)17)18-15-4-2-1-3-12(15)10-19/h5-6,9,12,15,18-19H,1-4,7,10,17H2. The number of rotatable bonds is 4. The summed E-state index contributed by atoms with van der Waals surface area (Å²) < 4.78 is 0. The highest BCUT2D eigenvalue weighted by molar-refractivity contribution is 5.58. The highest BCUT2D eigenvalue weighted by atomic mass is 16.3. The lowest BCUT2D eigenvalue weighted by atomic mass is 9.85. The number of aliphatic hydroxyl groups excluding tert-OH is 1. The Kier molecular flexibility index (Phi) is 4.64. The van der Waals surface area contributed by atoms with Gasteiger partial charge in [0.25, 0.3) is 0 Å². The van der Waals surface area contributed by atoms with Crippen molar-refractivity contribution < 1.29 is 5.11 Å². The smallest absolute Gasteiger partial charge is 0.0670 e. The third-order valence-electron chi connectivity index (χ3n) is 3.91. The van der Waals surface area contributed by atoms with Crippen molar-refractivity contribution >= 4 is 11.4 Å². The molecule has 1 aliphatic carbocycles. The van der Waals surface area contributed by atoms with E-state index in [4.69, 9.17) is 11.0 Å². The first-order valence-electron chi connectivity index (χ1n) is 6.87. The summed E-state index contributed by atoms with van der Waals surface area (Å²) in [5.41, 5.74) is 8.36. The van der Waals surface area contributed by atoms with Gasteiger partial charge in [-0.1, -0.05) is 12.8 Å². The van der Waals surface area contributed by atoms with Gasteiger partial charge >= 0.3 is 0 Å². The van der Waals surface area contributed by atoms with Gasteiger partial charge in [-0.2, -0.15) is 5.26 Å². The third-order valence-corrected chi connectivity index (χ3v) is 3.91. The molecule has 0 radical (unpaired) electrons. The van der Waals surface area contributed by atoms with Gasteiger partial charge in [0.15, 0.2) is 0 Å². The molecule has 4 nitrogen and oxygen atoms in total. The summed E-state index contributed by atoms with van der Waals surface area (Å²) >= 11 is 0. The lowest BCUT2D eigenvalue weighted by Gasteiger charge is -2.31. The van der Waals surface area contributed by atoms with Crippen LogP contribution in [-0.4, -0.2) is 17.8 Å². The highest BCUT2D eigenvalue weighted by Gasteiger charge is 2.24. The van der Waals surface area contributed by atoms with Crippen LogP contribution in [0.15, 0.2) is 18.2 Å². The number of benzene rings is 1. The number of nitrogens with zero attached hydrogens (tertiary/aromatic N) is 1. The van der Waals surface area contributed by atoms with Gasteiger partial charge in [-0.25, -0.2) is 0 Å². The molecule has 19 heavy (non-hydrogen) atoms. The molecule has 0 spiro atoms. The first-order valence-corrected chi connectivity index (χ1v) is 6.87. The van der Waals surface area contributed by atoms with Crippen molar-refractivity contribution in [2.45, 2.75) is 38.1 Å². The van der Waals surface area contributed by atoms with Crippen LogP contribution in [0, 0.1) is 17.2 Å². The molecule has 1 aromatic rings. The zero-order chi connectivity index (χ0) is 13.7. The van der Waals surface area contributed by atoms with Crippen LogP contribution in [0.5, 0.6) is 0 Å². The lowest BCUT2D eigenvalue weighted by Crippen LogP contribution is -2.34. The molecular weight excluding hydrogens is 238 g/mol. The molecule has 0 amide bonds. The molecule has 0 aliphatic heterocycles. The van der Waals surface area contributed by atoms with Crippen LogP contribution in [0.25, 0.3) is 0 Å². The maximum Gasteiger partial charge on any atom is 0.0670 e. The molecule has 2 rings (SSSR count). The van der Waals surface area contributed by atoms with Crippen LogP contribution in [-0.2, 0) is 6.42 Å². The molecule has 0 saturated heterocycles. The predicted octanol–water partition coefficient (Wildman–Crippen LogP) is 2.30. The second-order valence-corrected chi connectivity index (χ2v) is 5.23. The predicted molar refractivity (Wildman–Crippen MR) is 76.6 cm³/mol. The van der Waals surface area contributed by atoms with Crippen LogP contribution in [0.3, 0.4) is 0 Å². The zero-order valence-corrected chi connectivity index (χ0v) is 11.1. The maximum atomic E-state index is 9.42. The first kappa shape index (κ1) is 13.7. The number of aliphatic hydroxyl groups is 1. The number of hydrogen-bond acceptors (Lipinski definition) is 4. The van der Waals surface area contributed by atoms with E-state index >= 15 is 0 Å². The van der Waals surface area contributed by atoms with Gasteiger partial charge in [-0.05, 0) is 36.6 Å². The minimum absolute atomic E-state index is 0.234. The number of nitrogens with two attached hydrogens (primary N) is 1. The molecule has 0 bridgehead atoms. The average Bonchev–Trinajstić information content (AvgIpc) is 2.43. The molecule has 2 unspecified atom stereocenters. The summed E-state index contributed by atoms with van der Waals surface area (Å²) in [5, 5.41) is 21.7. The molecule has 2 atom stereocenters. The van der Waals surface area contributed by atoms with Crippen LogP contribution in [0.4, 0.5) is 11.4 Å². The van der Waals surface area contributed by atoms with Crippen molar-refractivity contribution in [3.8, 4) is 6.07 Å². The van der Waals surface area contributed by atoms with Gasteiger partial charge in [0.2, 0.25) is 0 Å². The summed E-state index contributed by atoms with van der Waals surface area (Å²) in [6.45, 7) is 0.234.